The van der Waals surface area contributed by atoms with Gasteiger partial charge < -0.3 is 20.1 Å². The lowest BCUT2D eigenvalue weighted by atomic mass is 10.0. The monoisotopic (exact) mass is 391 g/mol. The van der Waals surface area contributed by atoms with Crippen LogP contribution in [0.15, 0.2) is 23.3 Å². The minimum absolute atomic E-state index is 0.462. The topological polar surface area (TPSA) is 71.0 Å². The lowest BCUT2D eigenvalue weighted by Crippen LogP contribution is -2.52. The predicted molar refractivity (Wildman–Crippen MR) is 114 cm³/mol. The van der Waals surface area contributed by atoms with Gasteiger partial charge in [0, 0.05) is 44.5 Å². The summed E-state index contributed by atoms with van der Waals surface area (Å²) in [5, 5.41) is 6.86. The summed E-state index contributed by atoms with van der Waals surface area (Å²) >= 11 is 0. The Hall–Kier alpha value is -1.86. The minimum atomic E-state index is 0.462. The molecule has 1 fully saturated rings. The zero-order chi connectivity index (χ0) is 20.2. The Morgan fingerprint density at radius 1 is 1.25 bits per heavy atom. The highest BCUT2D eigenvalue weighted by atomic mass is 16.5. The number of ether oxygens (including phenoxy) is 2. The molecular formula is C21H37N5O2. The lowest BCUT2D eigenvalue weighted by Gasteiger charge is -2.37. The summed E-state index contributed by atoms with van der Waals surface area (Å²) in [6, 6.07) is 4.40. The Kier molecular flexibility index (Phi) is 10.1. The molecule has 158 valence electrons. The smallest absolute Gasteiger partial charge is 0.213 e. The van der Waals surface area contributed by atoms with Crippen molar-refractivity contribution in [1.82, 2.24) is 20.5 Å². The van der Waals surface area contributed by atoms with E-state index in [4.69, 9.17) is 14.5 Å². The summed E-state index contributed by atoms with van der Waals surface area (Å²) in [7, 11) is 0. The highest BCUT2D eigenvalue weighted by molar-refractivity contribution is 5.79. The van der Waals surface area contributed by atoms with Crippen molar-refractivity contribution in [2.45, 2.75) is 46.7 Å². The van der Waals surface area contributed by atoms with Gasteiger partial charge >= 0.3 is 0 Å². The number of aromatic nitrogens is 1. The normalized spacial score (nSPS) is 16.8. The van der Waals surface area contributed by atoms with E-state index in [1.165, 1.54) is 0 Å². The Balaban J connectivity index is 1.91. The van der Waals surface area contributed by atoms with Gasteiger partial charge in [0.2, 0.25) is 5.88 Å². The molecule has 28 heavy (non-hydrogen) atoms. The van der Waals surface area contributed by atoms with Crippen LogP contribution in [0, 0.1) is 5.92 Å². The Bertz CT molecular complexity index is 571. The second-order valence-electron chi connectivity index (χ2n) is 7.39. The summed E-state index contributed by atoms with van der Waals surface area (Å²) in [6.45, 7) is 15.3. The Morgan fingerprint density at radius 2 is 2.04 bits per heavy atom. The van der Waals surface area contributed by atoms with Crippen LogP contribution >= 0.6 is 0 Å². The molecule has 1 aliphatic heterocycles. The quantitative estimate of drug-likeness (QED) is 0.471. The summed E-state index contributed by atoms with van der Waals surface area (Å²) in [5.74, 6) is 2.07. The van der Waals surface area contributed by atoms with E-state index in [2.05, 4.69) is 48.2 Å². The molecule has 1 aromatic heterocycles. The van der Waals surface area contributed by atoms with E-state index in [1.54, 1.807) is 0 Å². The number of pyridine rings is 1. The van der Waals surface area contributed by atoms with Gasteiger partial charge in [0.25, 0.3) is 0 Å². The maximum absolute atomic E-state index is 5.53. The summed E-state index contributed by atoms with van der Waals surface area (Å²) in [4.78, 5) is 11.6. The van der Waals surface area contributed by atoms with E-state index < -0.39 is 0 Å². The van der Waals surface area contributed by atoms with Gasteiger partial charge in [0.15, 0.2) is 5.96 Å². The van der Waals surface area contributed by atoms with Crippen LogP contribution in [0.1, 0.15) is 39.7 Å². The molecule has 7 nitrogen and oxygen atoms in total. The van der Waals surface area contributed by atoms with Gasteiger partial charge in [-0.1, -0.05) is 26.8 Å². The third kappa shape index (κ3) is 7.64. The first kappa shape index (κ1) is 22.4. The fraction of sp³-hybridized carbons (Fsp3) is 0.714. The van der Waals surface area contributed by atoms with Crippen molar-refractivity contribution in [2.24, 2.45) is 10.9 Å². The number of morpholine rings is 1. The molecule has 0 bridgehead atoms. The molecule has 0 radical (unpaired) electrons. The third-order valence-corrected chi connectivity index (χ3v) is 4.78. The number of hydrogen-bond donors (Lipinski definition) is 2. The maximum Gasteiger partial charge on any atom is 0.213 e. The van der Waals surface area contributed by atoms with Crippen molar-refractivity contribution < 1.29 is 9.47 Å². The Morgan fingerprint density at radius 3 is 2.64 bits per heavy atom. The van der Waals surface area contributed by atoms with Gasteiger partial charge in [-0.2, -0.15) is 0 Å². The molecule has 0 aliphatic carbocycles. The van der Waals surface area contributed by atoms with E-state index in [-0.39, 0.29) is 0 Å². The van der Waals surface area contributed by atoms with Crippen molar-refractivity contribution in [3.8, 4) is 5.88 Å². The first-order chi connectivity index (χ1) is 13.6. The molecule has 0 amide bonds. The fourth-order valence-electron chi connectivity index (χ4n) is 3.21. The number of nitrogens with one attached hydrogen (secondary N) is 2. The minimum Gasteiger partial charge on any atom is -0.478 e. The molecule has 1 aromatic rings. The fourth-order valence-corrected chi connectivity index (χ4v) is 3.21. The van der Waals surface area contributed by atoms with Crippen LogP contribution in [-0.2, 0) is 11.3 Å². The molecule has 2 heterocycles. The number of guanidine groups is 1. The van der Waals surface area contributed by atoms with Gasteiger partial charge in [-0.25, -0.2) is 9.98 Å². The molecule has 1 saturated heterocycles. The van der Waals surface area contributed by atoms with Crippen LogP contribution in [0.2, 0.25) is 0 Å². The van der Waals surface area contributed by atoms with E-state index in [1.807, 2.05) is 18.3 Å². The van der Waals surface area contributed by atoms with Gasteiger partial charge in [0.05, 0.1) is 26.4 Å². The SMILES string of the molecule is CCCOc1ccc(CN=C(NCC)NCC(C(C)C)N2CCOCC2)cn1. The van der Waals surface area contributed by atoms with Gasteiger partial charge in [0.1, 0.15) is 0 Å². The largest absolute Gasteiger partial charge is 0.478 e. The summed E-state index contributed by atoms with van der Waals surface area (Å²) in [5.41, 5.74) is 1.06. The average Bonchev–Trinajstić information content (AvgIpc) is 2.72. The zero-order valence-electron chi connectivity index (χ0n) is 17.9. The molecule has 7 heteroatoms. The van der Waals surface area contributed by atoms with Gasteiger partial charge in [-0.3, -0.25) is 4.90 Å². The first-order valence-corrected chi connectivity index (χ1v) is 10.6. The molecule has 2 rings (SSSR count). The maximum atomic E-state index is 5.53. The molecule has 0 saturated carbocycles. The summed E-state index contributed by atoms with van der Waals surface area (Å²) < 4.78 is 11.0. The molecule has 0 spiro atoms. The zero-order valence-corrected chi connectivity index (χ0v) is 17.9. The van der Waals surface area contributed by atoms with E-state index in [9.17, 15) is 0 Å². The Labute approximate surface area is 169 Å². The predicted octanol–water partition coefficient (Wildman–Crippen LogP) is 2.28. The molecular weight excluding hydrogens is 354 g/mol. The second kappa shape index (κ2) is 12.6. The second-order valence-corrected chi connectivity index (χ2v) is 7.39. The molecule has 0 aromatic carbocycles. The number of hydrogen-bond acceptors (Lipinski definition) is 5. The van der Waals surface area contributed by atoms with Gasteiger partial charge in [-0.15, -0.1) is 0 Å². The van der Waals surface area contributed by atoms with E-state index in [0.29, 0.717) is 31.0 Å². The molecule has 1 atom stereocenters. The van der Waals surface area contributed by atoms with Crippen LogP contribution < -0.4 is 15.4 Å². The van der Waals surface area contributed by atoms with Crippen LogP contribution in [0.25, 0.3) is 0 Å². The van der Waals surface area contributed by atoms with Crippen LogP contribution in [0.5, 0.6) is 5.88 Å². The lowest BCUT2D eigenvalue weighted by molar-refractivity contribution is 0.00752. The first-order valence-electron chi connectivity index (χ1n) is 10.6. The number of aliphatic imine (C=N–C) groups is 1. The molecule has 1 unspecified atom stereocenters. The number of rotatable bonds is 10. The van der Waals surface area contributed by atoms with Crippen molar-refractivity contribution in [3.63, 3.8) is 0 Å². The highest BCUT2D eigenvalue weighted by Gasteiger charge is 2.23. The average molecular weight is 392 g/mol. The van der Waals surface area contributed by atoms with Crippen molar-refractivity contribution in [3.05, 3.63) is 23.9 Å². The van der Waals surface area contributed by atoms with Crippen LogP contribution in [0.3, 0.4) is 0 Å². The van der Waals surface area contributed by atoms with Gasteiger partial charge in [-0.05, 0) is 24.8 Å². The van der Waals surface area contributed by atoms with E-state index >= 15 is 0 Å². The van der Waals surface area contributed by atoms with Crippen molar-refractivity contribution >= 4 is 5.96 Å². The van der Waals surface area contributed by atoms with Crippen LogP contribution in [0.4, 0.5) is 0 Å². The standard InChI is InChI=1S/C21H37N5O2/c1-5-11-28-20-8-7-18(14-23-20)15-24-21(22-6-2)25-16-19(17(3)4)26-9-12-27-13-10-26/h7-8,14,17,19H,5-6,9-13,15-16H2,1-4H3,(H2,22,24,25). The molecule has 2 N–H and O–H groups in total. The number of nitrogens with zero attached hydrogens (tertiary/aromatic N) is 3. The van der Waals surface area contributed by atoms with Crippen LogP contribution in [-0.4, -0.2) is 67.9 Å². The third-order valence-electron chi connectivity index (χ3n) is 4.78. The summed E-state index contributed by atoms with van der Waals surface area (Å²) in [6.07, 6.45) is 2.82. The molecule has 1 aliphatic rings. The van der Waals surface area contributed by atoms with Crippen molar-refractivity contribution in [1.29, 1.82) is 0 Å². The highest BCUT2D eigenvalue weighted by Crippen LogP contribution is 2.12. The van der Waals surface area contributed by atoms with Crippen molar-refractivity contribution in [2.75, 3.05) is 46.0 Å². The van der Waals surface area contributed by atoms with E-state index in [0.717, 1.165) is 57.3 Å².